The fraction of sp³-hybridized carbons (Fsp3) is 0.300. The van der Waals surface area contributed by atoms with Gasteiger partial charge in [-0.05, 0) is 39.3 Å². The number of carbonyl (C=O) groups excluding carboxylic acids is 1. The van der Waals surface area contributed by atoms with Gasteiger partial charge in [-0.15, -0.1) is 0 Å². The van der Waals surface area contributed by atoms with Crippen molar-refractivity contribution >= 4 is 23.4 Å². The molecule has 0 bridgehead atoms. The molecule has 138 valence electrons. The molecule has 0 aliphatic heterocycles. The molecule has 0 aromatic heterocycles. The SMILES string of the molecule is C[C@H](Nc1cccc(-c2ccccc2)c1NC(=O)OC(C)(C)C)C(=O)O. The highest BCUT2D eigenvalue weighted by Crippen LogP contribution is 2.35. The first-order valence-electron chi connectivity index (χ1n) is 8.35. The van der Waals surface area contributed by atoms with Gasteiger partial charge in [-0.1, -0.05) is 42.5 Å². The molecule has 2 aromatic rings. The van der Waals surface area contributed by atoms with Crippen molar-refractivity contribution in [3.05, 3.63) is 48.5 Å². The molecule has 6 nitrogen and oxygen atoms in total. The van der Waals surface area contributed by atoms with Gasteiger partial charge in [0.25, 0.3) is 0 Å². The number of amides is 1. The highest BCUT2D eigenvalue weighted by atomic mass is 16.6. The quantitative estimate of drug-likeness (QED) is 0.729. The number of carboxylic acids is 1. The van der Waals surface area contributed by atoms with Gasteiger partial charge in [0.05, 0.1) is 11.4 Å². The normalized spacial score (nSPS) is 12.2. The third-order valence-electron chi connectivity index (χ3n) is 3.52. The van der Waals surface area contributed by atoms with Crippen molar-refractivity contribution in [1.82, 2.24) is 0 Å². The van der Waals surface area contributed by atoms with Crippen LogP contribution in [0.5, 0.6) is 0 Å². The van der Waals surface area contributed by atoms with Crippen molar-refractivity contribution in [2.24, 2.45) is 0 Å². The number of para-hydroxylation sites is 1. The fourth-order valence-corrected chi connectivity index (χ4v) is 2.37. The predicted octanol–water partition coefficient (Wildman–Crippen LogP) is 4.59. The van der Waals surface area contributed by atoms with Crippen molar-refractivity contribution in [3.8, 4) is 11.1 Å². The van der Waals surface area contributed by atoms with Crippen LogP contribution in [0.25, 0.3) is 11.1 Å². The van der Waals surface area contributed by atoms with Crippen LogP contribution in [0, 0.1) is 0 Å². The second-order valence-corrected chi connectivity index (χ2v) is 6.93. The maximum atomic E-state index is 12.3. The number of hydrogen-bond acceptors (Lipinski definition) is 4. The Labute approximate surface area is 153 Å². The molecule has 0 saturated heterocycles. The summed E-state index contributed by atoms with van der Waals surface area (Å²) in [5.41, 5.74) is 1.99. The molecule has 2 aromatic carbocycles. The van der Waals surface area contributed by atoms with Gasteiger partial charge in [-0.2, -0.15) is 0 Å². The van der Waals surface area contributed by atoms with E-state index < -0.39 is 23.7 Å². The maximum Gasteiger partial charge on any atom is 0.412 e. The van der Waals surface area contributed by atoms with Gasteiger partial charge >= 0.3 is 12.1 Å². The third kappa shape index (κ3) is 5.24. The van der Waals surface area contributed by atoms with Crippen molar-refractivity contribution in [2.45, 2.75) is 39.3 Å². The number of anilines is 2. The minimum absolute atomic E-state index is 0.473. The number of aliphatic carboxylic acids is 1. The van der Waals surface area contributed by atoms with Gasteiger partial charge in [-0.3, -0.25) is 10.1 Å². The second-order valence-electron chi connectivity index (χ2n) is 6.93. The Morgan fingerprint density at radius 1 is 1.04 bits per heavy atom. The largest absolute Gasteiger partial charge is 0.480 e. The van der Waals surface area contributed by atoms with Crippen molar-refractivity contribution in [2.75, 3.05) is 10.6 Å². The smallest absolute Gasteiger partial charge is 0.412 e. The van der Waals surface area contributed by atoms with Crippen LogP contribution in [-0.2, 0) is 9.53 Å². The molecular weight excluding hydrogens is 332 g/mol. The lowest BCUT2D eigenvalue weighted by molar-refractivity contribution is -0.137. The summed E-state index contributed by atoms with van der Waals surface area (Å²) in [6.45, 7) is 6.87. The minimum Gasteiger partial charge on any atom is -0.480 e. The number of rotatable bonds is 5. The summed E-state index contributed by atoms with van der Waals surface area (Å²) in [4.78, 5) is 23.5. The van der Waals surface area contributed by atoms with Gasteiger partial charge in [0.1, 0.15) is 11.6 Å². The second kappa shape index (κ2) is 7.91. The summed E-state index contributed by atoms with van der Waals surface area (Å²) >= 11 is 0. The van der Waals surface area contributed by atoms with E-state index in [0.29, 0.717) is 11.4 Å². The summed E-state index contributed by atoms with van der Waals surface area (Å²) in [6.07, 6.45) is -0.605. The Bertz CT molecular complexity index is 782. The molecule has 26 heavy (non-hydrogen) atoms. The first-order chi connectivity index (χ1) is 12.2. The molecule has 1 atom stereocenters. The van der Waals surface area contributed by atoms with Crippen LogP contribution in [0.2, 0.25) is 0 Å². The van der Waals surface area contributed by atoms with Crippen LogP contribution >= 0.6 is 0 Å². The van der Waals surface area contributed by atoms with E-state index >= 15 is 0 Å². The van der Waals surface area contributed by atoms with E-state index in [4.69, 9.17) is 4.74 Å². The molecule has 3 N–H and O–H groups in total. The van der Waals surface area contributed by atoms with Crippen LogP contribution in [0.3, 0.4) is 0 Å². The van der Waals surface area contributed by atoms with Crippen molar-refractivity contribution in [1.29, 1.82) is 0 Å². The van der Waals surface area contributed by atoms with E-state index in [0.717, 1.165) is 11.1 Å². The summed E-state index contributed by atoms with van der Waals surface area (Å²) in [5.74, 6) is -0.988. The molecular formula is C20H24N2O4. The molecule has 1 amide bonds. The molecule has 0 radical (unpaired) electrons. The van der Waals surface area contributed by atoms with Gasteiger partial charge in [0.15, 0.2) is 0 Å². The average molecular weight is 356 g/mol. The summed E-state index contributed by atoms with van der Waals surface area (Å²) in [6, 6.07) is 14.1. The van der Waals surface area contributed by atoms with Crippen molar-refractivity contribution < 1.29 is 19.4 Å². The number of ether oxygens (including phenoxy) is 1. The van der Waals surface area contributed by atoms with Crippen LogP contribution in [-0.4, -0.2) is 28.8 Å². The lowest BCUT2D eigenvalue weighted by Gasteiger charge is -2.23. The molecule has 0 aliphatic carbocycles. The van der Waals surface area contributed by atoms with Crippen LogP contribution in [0.1, 0.15) is 27.7 Å². The maximum absolute atomic E-state index is 12.3. The number of benzene rings is 2. The standard InChI is InChI=1S/C20H24N2O4/c1-13(18(23)24)21-16-12-8-11-15(14-9-6-5-7-10-14)17(16)22-19(25)26-20(2,3)4/h5-13,21H,1-4H3,(H,22,25)(H,23,24)/t13-/m0/s1. The first-order valence-corrected chi connectivity index (χ1v) is 8.35. The zero-order valence-electron chi connectivity index (χ0n) is 15.4. The molecule has 2 rings (SSSR count). The summed E-state index contributed by atoms with van der Waals surface area (Å²) in [7, 11) is 0. The minimum atomic E-state index is -0.988. The Hall–Kier alpha value is -3.02. The number of carbonyl (C=O) groups is 2. The monoisotopic (exact) mass is 356 g/mol. The average Bonchev–Trinajstić information content (AvgIpc) is 2.55. The highest BCUT2D eigenvalue weighted by molar-refractivity contribution is 5.98. The van der Waals surface area contributed by atoms with Crippen molar-refractivity contribution in [3.63, 3.8) is 0 Å². The van der Waals surface area contributed by atoms with Gasteiger partial charge in [0.2, 0.25) is 0 Å². The number of nitrogens with one attached hydrogen (secondary N) is 2. The Kier molecular flexibility index (Phi) is 5.87. The van der Waals surface area contributed by atoms with E-state index in [1.807, 2.05) is 36.4 Å². The Morgan fingerprint density at radius 2 is 1.69 bits per heavy atom. The third-order valence-corrected chi connectivity index (χ3v) is 3.52. The lowest BCUT2D eigenvalue weighted by Crippen LogP contribution is -2.29. The van der Waals surface area contributed by atoms with Gasteiger partial charge in [0, 0.05) is 5.56 Å². The molecule has 0 aliphatic rings. The van der Waals surface area contributed by atoms with Gasteiger partial charge < -0.3 is 15.2 Å². The molecule has 0 saturated carbocycles. The van der Waals surface area contributed by atoms with E-state index in [2.05, 4.69) is 10.6 Å². The lowest BCUT2D eigenvalue weighted by atomic mass is 10.0. The molecule has 0 spiro atoms. The fourth-order valence-electron chi connectivity index (χ4n) is 2.37. The van der Waals surface area contributed by atoms with E-state index in [1.54, 1.807) is 32.9 Å². The predicted molar refractivity (Wildman–Crippen MR) is 102 cm³/mol. The Morgan fingerprint density at radius 3 is 2.27 bits per heavy atom. The van der Waals surface area contributed by atoms with E-state index in [9.17, 15) is 14.7 Å². The highest BCUT2D eigenvalue weighted by Gasteiger charge is 2.21. The first kappa shape index (κ1) is 19.3. The number of hydrogen-bond donors (Lipinski definition) is 3. The summed E-state index contributed by atoms with van der Waals surface area (Å²) in [5, 5.41) is 14.9. The molecule has 0 unspecified atom stereocenters. The topological polar surface area (TPSA) is 87.7 Å². The van der Waals surface area contributed by atoms with Crippen LogP contribution < -0.4 is 10.6 Å². The zero-order valence-corrected chi connectivity index (χ0v) is 15.4. The van der Waals surface area contributed by atoms with E-state index in [1.165, 1.54) is 6.92 Å². The number of carboxylic acid groups (broad SMARTS) is 1. The summed E-state index contributed by atoms with van der Waals surface area (Å²) < 4.78 is 5.35. The van der Waals surface area contributed by atoms with E-state index in [-0.39, 0.29) is 0 Å². The molecule has 0 heterocycles. The van der Waals surface area contributed by atoms with Crippen LogP contribution in [0.4, 0.5) is 16.2 Å². The Balaban J connectivity index is 2.45. The van der Waals surface area contributed by atoms with Gasteiger partial charge in [-0.25, -0.2) is 4.79 Å². The molecule has 0 fully saturated rings. The van der Waals surface area contributed by atoms with Crippen LogP contribution in [0.15, 0.2) is 48.5 Å². The molecule has 6 heteroatoms. The zero-order chi connectivity index (χ0) is 19.3.